The predicted octanol–water partition coefficient (Wildman–Crippen LogP) is 2.87. The van der Waals surface area contributed by atoms with Crippen LogP contribution < -0.4 is 4.74 Å². The molecule has 0 bridgehead atoms. The van der Waals surface area contributed by atoms with Crippen molar-refractivity contribution in [3.8, 4) is 18.1 Å². The first-order valence-corrected chi connectivity index (χ1v) is 5.63. The molecule has 0 spiro atoms. The zero-order valence-electron chi connectivity index (χ0n) is 8.52. The summed E-state index contributed by atoms with van der Waals surface area (Å²) in [5, 5.41) is 3.84. The number of hydrogen-bond acceptors (Lipinski definition) is 3. The molecule has 3 nitrogen and oxygen atoms in total. The molecular formula is C12H10BrNO2. The van der Waals surface area contributed by atoms with Crippen LogP contribution in [-0.2, 0) is 4.84 Å². The Kier molecular flexibility index (Phi) is 3.47. The van der Waals surface area contributed by atoms with Gasteiger partial charge in [-0.25, -0.2) is 0 Å². The van der Waals surface area contributed by atoms with Gasteiger partial charge in [0.1, 0.15) is 17.0 Å². The molecule has 4 heteroatoms. The highest BCUT2D eigenvalue weighted by molar-refractivity contribution is 9.18. The lowest BCUT2D eigenvalue weighted by atomic mass is 10.1. The fourth-order valence-electron chi connectivity index (χ4n) is 1.43. The maximum Gasteiger partial charge on any atom is 0.158 e. The van der Waals surface area contributed by atoms with Crippen LogP contribution >= 0.6 is 15.9 Å². The molecule has 1 heterocycles. The van der Waals surface area contributed by atoms with Crippen LogP contribution in [0.2, 0.25) is 0 Å². The SMILES string of the molecule is C#CCOc1ccc([C@H]2CC(Br)=NO2)cc1. The van der Waals surface area contributed by atoms with Crippen molar-refractivity contribution >= 4 is 20.6 Å². The van der Waals surface area contributed by atoms with Crippen LogP contribution in [0, 0.1) is 12.3 Å². The first-order chi connectivity index (χ1) is 7.79. The third-order valence-electron chi connectivity index (χ3n) is 2.21. The fraction of sp³-hybridized carbons (Fsp3) is 0.250. The van der Waals surface area contributed by atoms with E-state index >= 15 is 0 Å². The zero-order valence-corrected chi connectivity index (χ0v) is 10.1. The number of benzene rings is 1. The highest BCUT2D eigenvalue weighted by Crippen LogP contribution is 2.29. The molecule has 0 radical (unpaired) electrons. The van der Waals surface area contributed by atoms with Gasteiger partial charge in [-0.3, -0.25) is 0 Å². The Morgan fingerprint density at radius 2 is 2.25 bits per heavy atom. The Bertz CT molecular complexity index is 433. The lowest BCUT2D eigenvalue weighted by Gasteiger charge is -2.09. The largest absolute Gasteiger partial charge is 0.481 e. The van der Waals surface area contributed by atoms with Crippen LogP contribution in [0.3, 0.4) is 0 Å². The summed E-state index contributed by atoms with van der Waals surface area (Å²) >= 11 is 3.30. The van der Waals surface area contributed by atoms with E-state index in [1.165, 1.54) is 0 Å². The molecule has 0 aliphatic carbocycles. The second kappa shape index (κ2) is 5.04. The van der Waals surface area contributed by atoms with E-state index in [1.807, 2.05) is 24.3 Å². The molecule has 0 unspecified atom stereocenters. The molecule has 0 fully saturated rings. The second-order valence-electron chi connectivity index (χ2n) is 3.33. The van der Waals surface area contributed by atoms with Crippen molar-refractivity contribution in [3.05, 3.63) is 29.8 Å². The minimum Gasteiger partial charge on any atom is -0.481 e. The van der Waals surface area contributed by atoms with Crippen molar-refractivity contribution < 1.29 is 9.57 Å². The van der Waals surface area contributed by atoms with Gasteiger partial charge in [0.2, 0.25) is 0 Å². The van der Waals surface area contributed by atoms with Crippen LogP contribution in [0.5, 0.6) is 5.75 Å². The van der Waals surface area contributed by atoms with Crippen molar-refractivity contribution in [1.82, 2.24) is 0 Å². The third kappa shape index (κ3) is 2.56. The topological polar surface area (TPSA) is 30.8 Å². The lowest BCUT2D eigenvalue weighted by molar-refractivity contribution is 0.0857. The first kappa shape index (κ1) is 11.0. The average Bonchev–Trinajstić information content (AvgIpc) is 2.74. The number of nitrogens with zero attached hydrogens (tertiary/aromatic N) is 1. The van der Waals surface area contributed by atoms with Gasteiger partial charge in [-0.1, -0.05) is 23.2 Å². The maximum absolute atomic E-state index is 5.28. The van der Waals surface area contributed by atoms with Gasteiger partial charge in [-0.05, 0) is 33.6 Å². The number of terminal acetylenes is 1. The molecule has 16 heavy (non-hydrogen) atoms. The summed E-state index contributed by atoms with van der Waals surface area (Å²) in [7, 11) is 0. The number of rotatable bonds is 3. The number of halogens is 1. The monoisotopic (exact) mass is 279 g/mol. The molecule has 82 valence electrons. The van der Waals surface area contributed by atoms with Crippen molar-refractivity contribution in [2.75, 3.05) is 6.61 Å². The molecule has 0 amide bonds. The van der Waals surface area contributed by atoms with Crippen LogP contribution in [0.25, 0.3) is 0 Å². The number of hydrogen-bond donors (Lipinski definition) is 0. The summed E-state index contributed by atoms with van der Waals surface area (Å²) in [6, 6.07) is 7.67. The van der Waals surface area contributed by atoms with Gasteiger partial charge in [0.25, 0.3) is 0 Å². The summed E-state index contributed by atoms with van der Waals surface area (Å²) < 4.78 is 6.12. The molecule has 2 rings (SSSR count). The van der Waals surface area contributed by atoms with E-state index < -0.39 is 0 Å². The van der Waals surface area contributed by atoms with Gasteiger partial charge in [0, 0.05) is 6.42 Å². The maximum atomic E-state index is 5.28. The van der Waals surface area contributed by atoms with Gasteiger partial charge in [-0.15, -0.1) is 6.42 Å². The predicted molar refractivity (Wildman–Crippen MR) is 65.6 cm³/mol. The van der Waals surface area contributed by atoms with Gasteiger partial charge in [0.05, 0.1) is 0 Å². The van der Waals surface area contributed by atoms with E-state index in [0.717, 1.165) is 22.4 Å². The fourth-order valence-corrected chi connectivity index (χ4v) is 1.81. The van der Waals surface area contributed by atoms with Crippen LogP contribution in [0.15, 0.2) is 29.4 Å². The molecule has 0 aromatic heterocycles. The quantitative estimate of drug-likeness (QED) is 0.797. The highest BCUT2D eigenvalue weighted by atomic mass is 79.9. The van der Waals surface area contributed by atoms with Gasteiger partial charge in [0.15, 0.2) is 6.10 Å². The molecule has 0 saturated heterocycles. The van der Waals surface area contributed by atoms with Gasteiger partial charge in [-0.2, -0.15) is 0 Å². The molecule has 0 N–H and O–H groups in total. The lowest BCUT2D eigenvalue weighted by Crippen LogP contribution is -1.98. The Balaban J connectivity index is 2.00. The standard InChI is InChI=1S/C12H10BrNO2/c1-2-7-15-10-5-3-9(4-6-10)11-8-12(13)14-16-11/h1,3-6,11H,7-8H2/t11-/m1/s1. The molecule has 1 aliphatic rings. The average molecular weight is 280 g/mol. The van der Waals surface area contributed by atoms with Crippen molar-refractivity contribution in [1.29, 1.82) is 0 Å². The van der Waals surface area contributed by atoms with Gasteiger partial charge >= 0.3 is 0 Å². The van der Waals surface area contributed by atoms with E-state index in [0.29, 0.717) is 0 Å². The third-order valence-corrected chi connectivity index (χ3v) is 2.68. The minimum absolute atomic E-state index is 0.00365. The Hall–Kier alpha value is -1.47. The first-order valence-electron chi connectivity index (χ1n) is 4.84. The van der Waals surface area contributed by atoms with Crippen LogP contribution in [-0.4, -0.2) is 11.2 Å². The number of oxime groups is 1. The van der Waals surface area contributed by atoms with E-state index in [4.69, 9.17) is 16.0 Å². The minimum atomic E-state index is -0.00365. The summed E-state index contributed by atoms with van der Waals surface area (Å²) in [4.78, 5) is 5.24. The zero-order chi connectivity index (χ0) is 11.4. The van der Waals surface area contributed by atoms with Crippen molar-refractivity contribution in [2.45, 2.75) is 12.5 Å². The molecule has 0 saturated carbocycles. The normalized spacial score (nSPS) is 18.5. The van der Waals surface area contributed by atoms with E-state index in [1.54, 1.807) is 0 Å². The van der Waals surface area contributed by atoms with Crippen LogP contribution in [0.1, 0.15) is 18.1 Å². The Morgan fingerprint density at radius 1 is 1.50 bits per heavy atom. The molecule has 1 aromatic carbocycles. The molecule has 1 aliphatic heterocycles. The summed E-state index contributed by atoms with van der Waals surface area (Å²) in [6.07, 6.45) is 5.87. The Morgan fingerprint density at radius 3 is 2.81 bits per heavy atom. The molecule has 1 atom stereocenters. The smallest absolute Gasteiger partial charge is 0.158 e. The number of ether oxygens (including phenoxy) is 1. The van der Waals surface area contributed by atoms with E-state index in [9.17, 15) is 0 Å². The van der Waals surface area contributed by atoms with Crippen molar-refractivity contribution in [3.63, 3.8) is 0 Å². The van der Waals surface area contributed by atoms with Gasteiger partial charge < -0.3 is 9.57 Å². The van der Waals surface area contributed by atoms with Crippen molar-refractivity contribution in [2.24, 2.45) is 5.16 Å². The molecule has 1 aromatic rings. The van der Waals surface area contributed by atoms with Crippen LogP contribution in [0.4, 0.5) is 0 Å². The summed E-state index contributed by atoms with van der Waals surface area (Å²) in [6.45, 7) is 0.286. The highest BCUT2D eigenvalue weighted by Gasteiger charge is 2.20. The Labute approximate surface area is 103 Å². The van der Waals surface area contributed by atoms with E-state index in [-0.39, 0.29) is 12.7 Å². The second-order valence-corrected chi connectivity index (χ2v) is 4.24. The summed E-state index contributed by atoms with van der Waals surface area (Å²) in [5.41, 5.74) is 1.08. The molecular weight excluding hydrogens is 270 g/mol. The summed E-state index contributed by atoms with van der Waals surface area (Å²) in [5.74, 6) is 3.18. The van der Waals surface area contributed by atoms with E-state index in [2.05, 4.69) is 27.0 Å².